The van der Waals surface area contributed by atoms with Crippen LogP contribution in [0.3, 0.4) is 0 Å². The number of hydrogen-bond acceptors (Lipinski definition) is 3. The Morgan fingerprint density at radius 2 is 2.23 bits per heavy atom. The molecule has 0 aliphatic heterocycles. The van der Waals surface area contributed by atoms with Crippen LogP contribution in [0.1, 0.15) is 49.4 Å². The van der Waals surface area contributed by atoms with E-state index < -0.39 is 0 Å². The highest BCUT2D eigenvalue weighted by molar-refractivity contribution is 7.05. The van der Waals surface area contributed by atoms with Crippen molar-refractivity contribution >= 4 is 11.5 Å². The van der Waals surface area contributed by atoms with E-state index in [-0.39, 0.29) is 0 Å². The molecular weight excluding hydrogens is 180 g/mol. The van der Waals surface area contributed by atoms with Crippen LogP contribution in [-0.4, -0.2) is 9.36 Å². The van der Waals surface area contributed by atoms with Gasteiger partial charge in [-0.25, -0.2) is 4.98 Å². The summed E-state index contributed by atoms with van der Waals surface area (Å²) in [6.07, 6.45) is 8.42. The number of aromatic nitrogens is 2. The molecule has 3 heteroatoms. The molecule has 0 saturated heterocycles. The average molecular weight is 195 g/mol. The average Bonchev–Trinajstić information content (AvgIpc) is 2.67. The molecule has 1 heterocycles. The van der Waals surface area contributed by atoms with E-state index >= 15 is 0 Å². The van der Waals surface area contributed by atoms with Gasteiger partial charge in [0.05, 0.1) is 0 Å². The molecule has 1 saturated carbocycles. The van der Waals surface area contributed by atoms with Gasteiger partial charge >= 0.3 is 0 Å². The van der Waals surface area contributed by atoms with Gasteiger partial charge < -0.3 is 0 Å². The van der Waals surface area contributed by atoms with Crippen molar-refractivity contribution in [1.29, 1.82) is 0 Å². The lowest BCUT2D eigenvalue weighted by Gasteiger charge is -2.18. The summed E-state index contributed by atoms with van der Waals surface area (Å²) in [7, 11) is 0. The molecule has 1 aromatic heterocycles. The third-order valence-corrected chi connectivity index (χ3v) is 3.50. The maximum atomic E-state index is 4.55. The lowest BCUT2D eigenvalue weighted by Crippen LogP contribution is -2.04. The third-order valence-electron chi connectivity index (χ3n) is 2.59. The first kappa shape index (κ1) is 9.13. The van der Waals surface area contributed by atoms with Crippen molar-refractivity contribution in [3.63, 3.8) is 0 Å². The van der Waals surface area contributed by atoms with Crippen LogP contribution in [0.25, 0.3) is 0 Å². The molecule has 0 aromatic carbocycles. The normalized spacial score (nSPS) is 19.2. The lowest BCUT2D eigenvalue weighted by molar-refractivity contribution is 0.509. The van der Waals surface area contributed by atoms with Crippen molar-refractivity contribution in [2.24, 2.45) is 0 Å². The predicted molar refractivity (Wildman–Crippen MR) is 54.8 cm³/mol. The minimum atomic E-state index is 0.697. The van der Waals surface area contributed by atoms with Crippen LogP contribution in [0, 0.1) is 6.42 Å². The lowest BCUT2D eigenvalue weighted by atomic mass is 9.90. The van der Waals surface area contributed by atoms with E-state index in [0.717, 1.165) is 12.2 Å². The summed E-state index contributed by atoms with van der Waals surface area (Å²) in [4.78, 5) is 4.55. The zero-order valence-corrected chi connectivity index (χ0v) is 8.81. The highest BCUT2D eigenvalue weighted by Crippen LogP contribution is 2.32. The van der Waals surface area contributed by atoms with Crippen LogP contribution < -0.4 is 0 Å². The first-order valence-electron chi connectivity index (χ1n) is 5.04. The van der Waals surface area contributed by atoms with Crippen molar-refractivity contribution in [3.05, 3.63) is 17.3 Å². The highest BCUT2D eigenvalue weighted by Gasteiger charge is 2.18. The first-order chi connectivity index (χ1) is 6.40. The Balaban J connectivity index is 2.05. The van der Waals surface area contributed by atoms with Gasteiger partial charge in [-0.1, -0.05) is 6.92 Å². The summed E-state index contributed by atoms with van der Waals surface area (Å²) in [5.41, 5.74) is 0. The molecule has 1 aliphatic carbocycles. The molecule has 1 aliphatic rings. The van der Waals surface area contributed by atoms with E-state index in [1.165, 1.54) is 30.7 Å². The Hall–Kier alpha value is -0.440. The van der Waals surface area contributed by atoms with E-state index in [9.17, 15) is 0 Å². The predicted octanol–water partition coefficient (Wildman–Crippen LogP) is 2.96. The van der Waals surface area contributed by atoms with Gasteiger partial charge in [0.1, 0.15) is 10.8 Å². The second-order valence-electron chi connectivity index (χ2n) is 3.54. The van der Waals surface area contributed by atoms with Crippen LogP contribution in [0.2, 0.25) is 0 Å². The fourth-order valence-electron chi connectivity index (χ4n) is 1.75. The molecule has 0 unspecified atom stereocenters. The molecule has 1 radical (unpaired) electrons. The van der Waals surface area contributed by atoms with Crippen molar-refractivity contribution in [1.82, 2.24) is 9.36 Å². The second kappa shape index (κ2) is 4.18. The van der Waals surface area contributed by atoms with Crippen molar-refractivity contribution in [2.45, 2.75) is 44.9 Å². The van der Waals surface area contributed by atoms with Crippen LogP contribution >= 0.6 is 11.5 Å². The van der Waals surface area contributed by atoms with E-state index in [4.69, 9.17) is 0 Å². The molecule has 0 N–H and O–H groups in total. The van der Waals surface area contributed by atoms with Gasteiger partial charge in [-0.05, 0) is 43.6 Å². The second-order valence-corrected chi connectivity index (χ2v) is 4.33. The number of aryl methyl sites for hydroxylation is 1. The minimum Gasteiger partial charge on any atom is -0.224 e. The molecule has 0 bridgehead atoms. The van der Waals surface area contributed by atoms with Gasteiger partial charge in [-0.3, -0.25) is 0 Å². The van der Waals surface area contributed by atoms with Gasteiger partial charge in [-0.2, -0.15) is 4.37 Å². The Morgan fingerprint density at radius 1 is 1.46 bits per heavy atom. The smallest absolute Gasteiger partial charge is 0.142 e. The maximum absolute atomic E-state index is 4.55. The van der Waals surface area contributed by atoms with Gasteiger partial charge in [0.25, 0.3) is 0 Å². The van der Waals surface area contributed by atoms with E-state index in [1.807, 2.05) is 0 Å². The van der Waals surface area contributed by atoms with Crippen molar-refractivity contribution in [2.75, 3.05) is 0 Å². The Kier molecular flexibility index (Phi) is 2.94. The van der Waals surface area contributed by atoms with Gasteiger partial charge in [0, 0.05) is 12.3 Å². The summed E-state index contributed by atoms with van der Waals surface area (Å²) in [5, 5.41) is 1.27. The van der Waals surface area contributed by atoms with Crippen LogP contribution in [0.4, 0.5) is 0 Å². The summed E-state index contributed by atoms with van der Waals surface area (Å²) in [6.45, 7) is 2.11. The molecule has 0 atom stereocenters. The Labute approximate surface area is 83.6 Å². The molecular formula is C10H15N2S. The monoisotopic (exact) mass is 195 g/mol. The molecule has 2 nitrogen and oxygen atoms in total. The summed E-state index contributed by atoms with van der Waals surface area (Å²) in [6, 6.07) is 0. The summed E-state index contributed by atoms with van der Waals surface area (Å²) in [5.74, 6) is 1.72. The van der Waals surface area contributed by atoms with Crippen molar-refractivity contribution < 1.29 is 0 Å². The summed E-state index contributed by atoms with van der Waals surface area (Å²) < 4.78 is 4.33. The van der Waals surface area contributed by atoms with Crippen LogP contribution in [0.15, 0.2) is 0 Å². The van der Waals surface area contributed by atoms with Gasteiger partial charge in [0.2, 0.25) is 0 Å². The Bertz CT molecular complexity index is 264. The molecule has 71 valence electrons. The fourth-order valence-corrected chi connectivity index (χ4v) is 2.65. The highest BCUT2D eigenvalue weighted by atomic mass is 32.1. The molecule has 1 aromatic rings. The number of hydrogen-bond donors (Lipinski definition) is 0. The zero-order valence-electron chi connectivity index (χ0n) is 7.99. The van der Waals surface area contributed by atoms with Gasteiger partial charge in [-0.15, -0.1) is 0 Å². The third kappa shape index (κ3) is 2.08. The molecule has 1 fully saturated rings. The molecule has 13 heavy (non-hydrogen) atoms. The standard InChI is InChI=1S/C10H15N2S/c1-2-9-11-10(13-12-9)8-6-4-3-5-7-8/h3,8H,2,4-7H2,1H3. The van der Waals surface area contributed by atoms with E-state index in [1.54, 1.807) is 11.5 Å². The number of nitrogens with zero attached hydrogens (tertiary/aromatic N) is 2. The fraction of sp³-hybridized carbons (Fsp3) is 0.700. The molecule has 0 spiro atoms. The zero-order chi connectivity index (χ0) is 9.10. The largest absolute Gasteiger partial charge is 0.224 e. The van der Waals surface area contributed by atoms with E-state index in [0.29, 0.717) is 5.92 Å². The molecule has 0 amide bonds. The number of rotatable bonds is 2. The SMILES string of the molecule is CCc1nsc(C2CC[CH]CC2)n1. The summed E-state index contributed by atoms with van der Waals surface area (Å²) >= 11 is 1.61. The first-order valence-corrected chi connectivity index (χ1v) is 5.81. The minimum absolute atomic E-state index is 0.697. The maximum Gasteiger partial charge on any atom is 0.142 e. The van der Waals surface area contributed by atoms with E-state index in [2.05, 4.69) is 22.7 Å². The quantitative estimate of drug-likeness (QED) is 0.725. The van der Waals surface area contributed by atoms with Crippen molar-refractivity contribution in [3.8, 4) is 0 Å². The molecule has 2 rings (SSSR count). The Morgan fingerprint density at radius 3 is 2.85 bits per heavy atom. The topological polar surface area (TPSA) is 25.8 Å². The van der Waals surface area contributed by atoms with Crippen LogP contribution in [0.5, 0.6) is 0 Å². The van der Waals surface area contributed by atoms with Gasteiger partial charge in [0.15, 0.2) is 0 Å². The van der Waals surface area contributed by atoms with Crippen LogP contribution in [-0.2, 0) is 6.42 Å².